The van der Waals surface area contributed by atoms with Crippen LogP contribution in [0.1, 0.15) is 39.2 Å². The molecular formula is C16H26N2S. The van der Waals surface area contributed by atoms with E-state index in [0.717, 1.165) is 25.9 Å². The fourth-order valence-corrected chi connectivity index (χ4v) is 2.30. The molecule has 1 aromatic carbocycles. The van der Waals surface area contributed by atoms with Gasteiger partial charge in [-0.1, -0.05) is 44.3 Å². The van der Waals surface area contributed by atoms with Gasteiger partial charge in [0.25, 0.3) is 0 Å². The summed E-state index contributed by atoms with van der Waals surface area (Å²) in [5.41, 5.74) is 8.39. The zero-order valence-electron chi connectivity index (χ0n) is 12.6. The van der Waals surface area contributed by atoms with Crippen LogP contribution in [0.2, 0.25) is 0 Å². The van der Waals surface area contributed by atoms with E-state index in [2.05, 4.69) is 56.9 Å². The highest BCUT2D eigenvalue weighted by molar-refractivity contribution is 7.80. The summed E-state index contributed by atoms with van der Waals surface area (Å²) < 4.78 is 0. The van der Waals surface area contributed by atoms with Crippen LogP contribution in [0.5, 0.6) is 0 Å². The van der Waals surface area contributed by atoms with Gasteiger partial charge in [-0.3, -0.25) is 0 Å². The van der Waals surface area contributed by atoms with Gasteiger partial charge in [-0.15, -0.1) is 0 Å². The lowest BCUT2D eigenvalue weighted by Crippen LogP contribution is -2.31. The van der Waals surface area contributed by atoms with E-state index in [-0.39, 0.29) is 5.41 Å². The minimum Gasteiger partial charge on any atom is -0.393 e. The van der Waals surface area contributed by atoms with Crippen molar-refractivity contribution in [3.63, 3.8) is 0 Å². The van der Waals surface area contributed by atoms with Crippen molar-refractivity contribution in [2.45, 2.75) is 40.5 Å². The molecule has 0 saturated heterocycles. The molecule has 0 atom stereocenters. The Hall–Kier alpha value is -1.09. The smallest absolute Gasteiger partial charge is 0.0784 e. The van der Waals surface area contributed by atoms with Gasteiger partial charge in [-0.05, 0) is 38.3 Å². The molecule has 0 bridgehead atoms. The lowest BCUT2D eigenvalue weighted by atomic mass is 9.88. The molecule has 2 N–H and O–H groups in total. The first-order valence-corrected chi connectivity index (χ1v) is 7.40. The number of hydrogen-bond acceptors (Lipinski definition) is 2. The molecule has 0 heterocycles. The Morgan fingerprint density at radius 3 is 2.47 bits per heavy atom. The van der Waals surface area contributed by atoms with E-state index in [4.69, 9.17) is 18.0 Å². The fraction of sp³-hybridized carbons (Fsp3) is 0.562. The van der Waals surface area contributed by atoms with Gasteiger partial charge in [-0.25, -0.2) is 0 Å². The van der Waals surface area contributed by atoms with Crippen molar-refractivity contribution in [1.82, 2.24) is 0 Å². The highest BCUT2D eigenvalue weighted by atomic mass is 32.1. The summed E-state index contributed by atoms with van der Waals surface area (Å²) in [4.78, 5) is 3.04. The molecule has 0 aliphatic heterocycles. The largest absolute Gasteiger partial charge is 0.393 e. The standard InChI is InChI=1S/C16H26N2S/c1-5-18(14-10-7-6-9-13(14)2)12-8-11-16(3,4)15(17)19/h6-7,9-10H,5,8,11-12H2,1-4H3,(H2,17,19). The monoisotopic (exact) mass is 278 g/mol. The van der Waals surface area contributed by atoms with E-state index in [1.54, 1.807) is 0 Å². The molecule has 19 heavy (non-hydrogen) atoms. The predicted octanol–water partition coefficient (Wildman–Crippen LogP) is 3.91. The molecule has 0 unspecified atom stereocenters. The molecule has 0 aliphatic rings. The minimum absolute atomic E-state index is 0.0412. The highest BCUT2D eigenvalue weighted by Gasteiger charge is 2.21. The van der Waals surface area contributed by atoms with Crippen LogP contribution in [0.15, 0.2) is 24.3 Å². The van der Waals surface area contributed by atoms with Crippen molar-refractivity contribution in [3.8, 4) is 0 Å². The lowest BCUT2D eigenvalue weighted by molar-refractivity contribution is 0.459. The Kier molecular flexibility index (Phi) is 5.80. The second-order valence-electron chi connectivity index (χ2n) is 5.72. The van der Waals surface area contributed by atoms with E-state index >= 15 is 0 Å². The molecule has 0 aliphatic carbocycles. The molecule has 106 valence electrons. The molecule has 0 aromatic heterocycles. The average molecular weight is 278 g/mol. The van der Waals surface area contributed by atoms with Gasteiger partial charge in [0.2, 0.25) is 0 Å². The van der Waals surface area contributed by atoms with Gasteiger partial charge in [0, 0.05) is 24.2 Å². The van der Waals surface area contributed by atoms with Crippen molar-refractivity contribution >= 4 is 22.9 Å². The zero-order chi connectivity index (χ0) is 14.5. The normalized spacial score (nSPS) is 11.4. The van der Waals surface area contributed by atoms with Crippen LogP contribution in [-0.2, 0) is 0 Å². The molecule has 2 nitrogen and oxygen atoms in total. The Labute approximate surface area is 123 Å². The van der Waals surface area contributed by atoms with Crippen LogP contribution >= 0.6 is 12.2 Å². The van der Waals surface area contributed by atoms with Gasteiger partial charge in [0.05, 0.1) is 4.99 Å². The number of hydrogen-bond donors (Lipinski definition) is 1. The van der Waals surface area contributed by atoms with Crippen molar-refractivity contribution in [2.75, 3.05) is 18.0 Å². The SMILES string of the molecule is CCN(CCCC(C)(C)C(N)=S)c1ccccc1C. The first-order chi connectivity index (χ1) is 8.88. The van der Waals surface area contributed by atoms with Crippen molar-refractivity contribution in [3.05, 3.63) is 29.8 Å². The summed E-state index contributed by atoms with van der Waals surface area (Å²) in [5, 5.41) is 0. The number of anilines is 1. The third-order valence-electron chi connectivity index (χ3n) is 3.73. The molecule has 0 spiro atoms. The maximum absolute atomic E-state index is 5.77. The van der Waals surface area contributed by atoms with E-state index in [0.29, 0.717) is 4.99 Å². The van der Waals surface area contributed by atoms with Crippen LogP contribution in [0.25, 0.3) is 0 Å². The number of benzene rings is 1. The molecule has 1 aromatic rings. The van der Waals surface area contributed by atoms with E-state index in [1.807, 2.05) is 0 Å². The molecule has 3 heteroatoms. The molecular weight excluding hydrogens is 252 g/mol. The van der Waals surface area contributed by atoms with Gasteiger partial charge < -0.3 is 10.6 Å². The summed E-state index contributed by atoms with van der Waals surface area (Å²) in [5.74, 6) is 0. The Bertz CT molecular complexity index is 427. The summed E-state index contributed by atoms with van der Waals surface area (Å²) in [6.45, 7) is 10.7. The Morgan fingerprint density at radius 2 is 1.95 bits per heavy atom. The van der Waals surface area contributed by atoms with Crippen molar-refractivity contribution in [2.24, 2.45) is 11.1 Å². The second-order valence-corrected chi connectivity index (χ2v) is 6.16. The summed E-state index contributed by atoms with van der Waals surface area (Å²) in [7, 11) is 0. The first kappa shape index (κ1) is 16.0. The molecule has 0 amide bonds. The predicted molar refractivity (Wildman–Crippen MR) is 88.9 cm³/mol. The van der Waals surface area contributed by atoms with Gasteiger partial charge in [-0.2, -0.15) is 0 Å². The summed E-state index contributed by atoms with van der Waals surface area (Å²) >= 11 is 5.12. The van der Waals surface area contributed by atoms with Crippen LogP contribution < -0.4 is 10.6 Å². The summed E-state index contributed by atoms with van der Waals surface area (Å²) in [6.07, 6.45) is 2.14. The van der Waals surface area contributed by atoms with Crippen LogP contribution in [0.4, 0.5) is 5.69 Å². The first-order valence-electron chi connectivity index (χ1n) is 6.99. The number of nitrogens with two attached hydrogens (primary N) is 1. The van der Waals surface area contributed by atoms with Crippen molar-refractivity contribution in [1.29, 1.82) is 0 Å². The van der Waals surface area contributed by atoms with Gasteiger partial charge >= 0.3 is 0 Å². The maximum atomic E-state index is 5.77. The quantitative estimate of drug-likeness (QED) is 0.767. The highest BCUT2D eigenvalue weighted by Crippen LogP contribution is 2.24. The average Bonchev–Trinajstić information content (AvgIpc) is 2.35. The number of nitrogens with zero attached hydrogens (tertiary/aromatic N) is 1. The third-order valence-corrected chi connectivity index (χ3v) is 4.29. The minimum atomic E-state index is -0.0412. The van der Waals surface area contributed by atoms with Crippen molar-refractivity contribution < 1.29 is 0 Å². The Morgan fingerprint density at radius 1 is 1.32 bits per heavy atom. The van der Waals surface area contributed by atoms with Crippen LogP contribution in [-0.4, -0.2) is 18.1 Å². The second kappa shape index (κ2) is 6.90. The maximum Gasteiger partial charge on any atom is 0.0784 e. The van der Waals surface area contributed by atoms with Crippen LogP contribution in [0.3, 0.4) is 0 Å². The van der Waals surface area contributed by atoms with Crippen LogP contribution in [0, 0.1) is 12.3 Å². The van der Waals surface area contributed by atoms with E-state index in [9.17, 15) is 0 Å². The van der Waals surface area contributed by atoms with E-state index < -0.39 is 0 Å². The summed E-state index contributed by atoms with van der Waals surface area (Å²) in [6, 6.07) is 8.54. The number of aryl methyl sites for hydroxylation is 1. The molecule has 1 rings (SSSR count). The molecule has 0 fully saturated rings. The van der Waals surface area contributed by atoms with E-state index in [1.165, 1.54) is 11.3 Å². The molecule has 0 saturated carbocycles. The molecule has 0 radical (unpaired) electrons. The van der Waals surface area contributed by atoms with Gasteiger partial charge in [0.1, 0.15) is 0 Å². The number of thiocarbonyl (C=S) groups is 1. The Balaban J connectivity index is 2.60. The van der Waals surface area contributed by atoms with Gasteiger partial charge in [0.15, 0.2) is 0 Å². The number of para-hydroxylation sites is 1. The third kappa shape index (κ3) is 4.50. The lowest BCUT2D eigenvalue weighted by Gasteiger charge is -2.28. The number of rotatable bonds is 7. The topological polar surface area (TPSA) is 29.3 Å². The fourth-order valence-electron chi connectivity index (χ4n) is 2.20. The zero-order valence-corrected chi connectivity index (χ0v) is 13.4.